The Kier molecular flexibility index (Phi) is 9.27. The minimum Gasteiger partial charge on any atom is -0.497 e. The van der Waals surface area contributed by atoms with Gasteiger partial charge in [0, 0.05) is 23.7 Å². The number of unbranched alkanes of at least 4 members (excludes halogenated alkanes) is 2. The van der Waals surface area contributed by atoms with E-state index in [1.54, 1.807) is 17.9 Å². The van der Waals surface area contributed by atoms with E-state index in [4.69, 9.17) is 9.84 Å². The second-order valence-electron chi connectivity index (χ2n) is 9.89. The van der Waals surface area contributed by atoms with Crippen molar-refractivity contribution in [3.8, 4) is 11.4 Å². The van der Waals surface area contributed by atoms with Crippen LogP contribution >= 0.6 is 0 Å². The van der Waals surface area contributed by atoms with Gasteiger partial charge in [-0.15, -0.1) is 0 Å². The molecule has 0 saturated carbocycles. The molecule has 0 aliphatic carbocycles. The van der Waals surface area contributed by atoms with Gasteiger partial charge in [-0.3, -0.25) is 4.79 Å². The molecule has 0 fully saturated rings. The van der Waals surface area contributed by atoms with E-state index in [1.807, 2.05) is 51.1 Å². The number of hydrogen-bond donors (Lipinski definition) is 2. The zero-order valence-electron chi connectivity index (χ0n) is 22.2. The van der Waals surface area contributed by atoms with Crippen LogP contribution in [0.5, 0.6) is 5.75 Å². The fraction of sp³-hybridized carbons (Fsp3) is 0.393. The number of carbonyl (C=O) groups excluding carboxylic acids is 2. The zero-order chi connectivity index (χ0) is 27.0. The van der Waals surface area contributed by atoms with Gasteiger partial charge in [0.1, 0.15) is 23.9 Å². The molecule has 37 heavy (non-hydrogen) atoms. The van der Waals surface area contributed by atoms with Crippen LogP contribution in [0, 0.1) is 5.82 Å². The summed E-state index contributed by atoms with van der Waals surface area (Å²) in [6.07, 6.45) is 2.64. The number of ether oxygens (including phenoxy) is 1. The van der Waals surface area contributed by atoms with Gasteiger partial charge in [-0.05, 0) is 48.9 Å². The summed E-state index contributed by atoms with van der Waals surface area (Å²) in [4.78, 5) is 27.6. The molecule has 3 amide bonds. The van der Waals surface area contributed by atoms with Gasteiger partial charge in [0.15, 0.2) is 0 Å². The Bertz CT molecular complexity index is 1200. The molecule has 2 N–H and O–H groups in total. The average Bonchev–Trinajstić information content (AvgIpc) is 3.28. The molecule has 1 aromatic heterocycles. The van der Waals surface area contributed by atoms with E-state index in [0.717, 1.165) is 30.6 Å². The lowest BCUT2D eigenvalue weighted by atomic mass is 9.92. The molecular formula is C28H36FN5O3. The lowest BCUT2D eigenvalue weighted by Crippen LogP contribution is -2.41. The molecule has 0 aliphatic heterocycles. The van der Waals surface area contributed by atoms with E-state index in [-0.39, 0.29) is 17.9 Å². The second-order valence-corrected chi connectivity index (χ2v) is 9.89. The number of carbonyl (C=O) groups is 2. The van der Waals surface area contributed by atoms with Crippen molar-refractivity contribution in [3.05, 3.63) is 66.1 Å². The van der Waals surface area contributed by atoms with Crippen molar-refractivity contribution in [2.45, 2.75) is 52.4 Å². The van der Waals surface area contributed by atoms with Gasteiger partial charge in [-0.2, -0.15) is 5.10 Å². The molecule has 0 saturated heterocycles. The first-order valence-electron chi connectivity index (χ1n) is 12.5. The van der Waals surface area contributed by atoms with E-state index in [1.165, 1.54) is 23.1 Å². The van der Waals surface area contributed by atoms with Gasteiger partial charge in [-0.1, -0.05) is 46.6 Å². The van der Waals surface area contributed by atoms with Crippen LogP contribution < -0.4 is 15.4 Å². The van der Waals surface area contributed by atoms with Crippen molar-refractivity contribution in [1.82, 2.24) is 14.7 Å². The molecule has 0 bridgehead atoms. The molecule has 2 aromatic carbocycles. The summed E-state index contributed by atoms with van der Waals surface area (Å²) in [5, 5.41) is 10.3. The summed E-state index contributed by atoms with van der Waals surface area (Å²) in [6, 6.07) is 14.4. The number of rotatable bonds is 10. The van der Waals surface area contributed by atoms with Gasteiger partial charge in [0.2, 0.25) is 5.91 Å². The van der Waals surface area contributed by atoms with E-state index in [2.05, 4.69) is 17.6 Å². The van der Waals surface area contributed by atoms with Crippen molar-refractivity contribution >= 4 is 23.4 Å². The monoisotopic (exact) mass is 509 g/mol. The van der Waals surface area contributed by atoms with Crippen LogP contribution in [0.3, 0.4) is 0 Å². The second kappa shape index (κ2) is 12.4. The van der Waals surface area contributed by atoms with Crippen molar-refractivity contribution in [2.75, 3.05) is 30.8 Å². The standard InChI is InChI=1S/C28H36FN5O3/c1-6-7-8-16-33(27(36)30-21-11-9-10-20(29)17-21)19-26(35)31-25-18-24(28(2,3)4)32-34(25)22-12-14-23(37-5)15-13-22/h9-15,17-18H,6-8,16,19H2,1-5H3,(H,30,36)(H,31,35). The Morgan fingerprint density at radius 1 is 1.05 bits per heavy atom. The first-order valence-corrected chi connectivity index (χ1v) is 12.5. The number of anilines is 2. The first-order chi connectivity index (χ1) is 17.6. The number of nitrogens with one attached hydrogen (secondary N) is 2. The number of methoxy groups -OCH3 is 1. The largest absolute Gasteiger partial charge is 0.497 e. The number of aromatic nitrogens is 2. The van der Waals surface area contributed by atoms with E-state index >= 15 is 0 Å². The number of amides is 3. The van der Waals surface area contributed by atoms with E-state index < -0.39 is 11.8 Å². The van der Waals surface area contributed by atoms with Crippen molar-refractivity contribution in [3.63, 3.8) is 0 Å². The summed E-state index contributed by atoms with van der Waals surface area (Å²) < 4.78 is 20.5. The zero-order valence-corrected chi connectivity index (χ0v) is 22.2. The highest BCUT2D eigenvalue weighted by molar-refractivity contribution is 5.96. The molecular weight excluding hydrogens is 473 g/mol. The quantitative estimate of drug-likeness (QED) is 0.329. The Morgan fingerprint density at radius 2 is 1.78 bits per heavy atom. The first kappa shape index (κ1) is 27.7. The predicted molar refractivity (Wildman–Crippen MR) is 144 cm³/mol. The summed E-state index contributed by atoms with van der Waals surface area (Å²) in [5.74, 6) is 0.402. The van der Waals surface area contributed by atoms with Crippen molar-refractivity contribution in [2.24, 2.45) is 0 Å². The minimum atomic E-state index is -0.462. The molecule has 3 aromatic rings. The number of hydrogen-bond acceptors (Lipinski definition) is 4. The van der Waals surface area contributed by atoms with Crippen LogP contribution in [0.15, 0.2) is 54.6 Å². The third-order valence-corrected chi connectivity index (χ3v) is 5.79. The summed E-state index contributed by atoms with van der Waals surface area (Å²) in [6.45, 7) is 8.44. The fourth-order valence-electron chi connectivity index (χ4n) is 3.69. The van der Waals surface area contributed by atoms with Gasteiger partial charge < -0.3 is 20.3 Å². The highest BCUT2D eigenvalue weighted by Crippen LogP contribution is 2.27. The molecule has 9 heteroatoms. The summed E-state index contributed by atoms with van der Waals surface area (Å²) in [7, 11) is 1.60. The van der Waals surface area contributed by atoms with Gasteiger partial charge in [0.25, 0.3) is 0 Å². The molecule has 8 nitrogen and oxygen atoms in total. The maximum absolute atomic E-state index is 13.6. The normalized spacial score (nSPS) is 11.2. The fourth-order valence-corrected chi connectivity index (χ4v) is 3.69. The molecule has 1 heterocycles. The highest BCUT2D eigenvalue weighted by Gasteiger charge is 2.23. The minimum absolute atomic E-state index is 0.163. The maximum atomic E-state index is 13.6. The smallest absolute Gasteiger partial charge is 0.322 e. The Morgan fingerprint density at radius 3 is 2.41 bits per heavy atom. The van der Waals surface area contributed by atoms with Crippen LogP contribution in [0.25, 0.3) is 5.69 Å². The van der Waals surface area contributed by atoms with Gasteiger partial charge >= 0.3 is 6.03 Å². The SMILES string of the molecule is CCCCCN(CC(=O)Nc1cc(C(C)(C)C)nn1-c1ccc(OC)cc1)C(=O)Nc1cccc(F)c1. The van der Waals surface area contributed by atoms with Crippen LogP contribution in [0.1, 0.15) is 52.7 Å². The van der Waals surface area contributed by atoms with Crippen molar-refractivity contribution in [1.29, 1.82) is 0 Å². The molecule has 0 atom stereocenters. The lowest BCUT2D eigenvalue weighted by Gasteiger charge is -2.23. The Balaban J connectivity index is 1.80. The molecule has 0 unspecified atom stereocenters. The Labute approximate surface area is 217 Å². The molecule has 0 spiro atoms. The average molecular weight is 510 g/mol. The predicted octanol–water partition coefficient (Wildman–Crippen LogP) is 5.98. The van der Waals surface area contributed by atoms with Gasteiger partial charge in [-0.25, -0.2) is 13.9 Å². The highest BCUT2D eigenvalue weighted by atomic mass is 19.1. The third kappa shape index (κ3) is 7.80. The molecule has 3 rings (SSSR count). The molecule has 0 radical (unpaired) electrons. The van der Waals surface area contributed by atoms with E-state index in [0.29, 0.717) is 23.8 Å². The number of halogens is 1. The van der Waals surface area contributed by atoms with E-state index in [9.17, 15) is 14.0 Å². The van der Waals surface area contributed by atoms with Crippen LogP contribution in [-0.2, 0) is 10.2 Å². The summed E-state index contributed by atoms with van der Waals surface area (Å²) >= 11 is 0. The number of urea groups is 1. The maximum Gasteiger partial charge on any atom is 0.322 e. The topological polar surface area (TPSA) is 88.5 Å². The van der Waals surface area contributed by atoms with Crippen LogP contribution in [0.4, 0.5) is 20.7 Å². The van der Waals surface area contributed by atoms with Crippen molar-refractivity contribution < 1.29 is 18.7 Å². The van der Waals surface area contributed by atoms with Crippen LogP contribution in [0.2, 0.25) is 0 Å². The third-order valence-electron chi connectivity index (χ3n) is 5.79. The van der Waals surface area contributed by atoms with Crippen LogP contribution in [-0.4, -0.2) is 46.8 Å². The van der Waals surface area contributed by atoms with Gasteiger partial charge in [0.05, 0.1) is 18.5 Å². The molecule has 198 valence electrons. The molecule has 0 aliphatic rings. The summed E-state index contributed by atoms with van der Waals surface area (Å²) in [5.41, 5.74) is 1.66. The lowest BCUT2D eigenvalue weighted by molar-refractivity contribution is -0.116. The Hall–Kier alpha value is -3.88. The number of benzene rings is 2. The number of nitrogens with zero attached hydrogens (tertiary/aromatic N) is 3.